The zero-order chi connectivity index (χ0) is 34.9. The standard InChI is InChI=1S/C52H40S/c1-3-15-33(16-4-1)49-38-19-7-11-23-42(38)51(43-24-12-8-20-39(43)49)35-28-30-47-46(31-35)37-29-27-36(32-48(37)53-47)52-44-25-13-9-21-40(44)50(34-17-5-2-6-18-34)41-22-10-14-26-45(41)52/h2,5-14,17-33,38,42H,1,3-4,15-16H2. The van der Waals surface area contributed by atoms with E-state index in [9.17, 15) is 0 Å². The minimum Gasteiger partial charge on any atom is -0.135 e. The first kappa shape index (κ1) is 31.1. The van der Waals surface area contributed by atoms with E-state index in [-0.39, 0.29) is 0 Å². The normalized spacial score (nSPS) is 18.6. The molecule has 0 radical (unpaired) electrons. The van der Waals surface area contributed by atoms with E-state index in [4.69, 9.17) is 0 Å². The first-order chi connectivity index (χ1) is 26.3. The summed E-state index contributed by atoms with van der Waals surface area (Å²) in [5, 5.41) is 10.8. The number of fused-ring (bicyclic) bond motifs is 7. The molecule has 1 fully saturated rings. The molecule has 53 heavy (non-hydrogen) atoms. The van der Waals surface area contributed by atoms with E-state index in [0.29, 0.717) is 17.8 Å². The highest BCUT2D eigenvalue weighted by atomic mass is 32.1. The molecule has 2 unspecified atom stereocenters. The van der Waals surface area contributed by atoms with Crippen LogP contribution >= 0.6 is 11.3 Å². The van der Waals surface area contributed by atoms with E-state index in [1.807, 2.05) is 11.3 Å². The maximum absolute atomic E-state index is 2.51. The summed E-state index contributed by atoms with van der Waals surface area (Å²) in [5.74, 6) is 1.49. The van der Waals surface area contributed by atoms with Crippen LogP contribution in [0.2, 0.25) is 0 Å². The summed E-state index contributed by atoms with van der Waals surface area (Å²) in [6.45, 7) is 0. The number of benzene rings is 7. The van der Waals surface area contributed by atoms with Crippen molar-refractivity contribution in [3.63, 3.8) is 0 Å². The molecule has 1 heteroatoms. The highest BCUT2D eigenvalue weighted by molar-refractivity contribution is 7.25. The molecule has 1 saturated carbocycles. The van der Waals surface area contributed by atoms with Crippen LogP contribution in [0.3, 0.4) is 0 Å². The summed E-state index contributed by atoms with van der Waals surface area (Å²) < 4.78 is 2.69. The first-order valence-electron chi connectivity index (χ1n) is 19.5. The lowest BCUT2D eigenvalue weighted by molar-refractivity contribution is 0.408. The molecule has 11 rings (SSSR count). The van der Waals surface area contributed by atoms with Crippen molar-refractivity contribution in [2.45, 2.75) is 32.1 Å². The fourth-order valence-electron chi connectivity index (χ4n) is 10.2. The first-order valence-corrected chi connectivity index (χ1v) is 20.3. The van der Waals surface area contributed by atoms with Crippen molar-refractivity contribution in [2.75, 3.05) is 0 Å². The maximum atomic E-state index is 2.51. The third kappa shape index (κ3) is 4.94. The van der Waals surface area contributed by atoms with E-state index in [0.717, 1.165) is 0 Å². The van der Waals surface area contributed by atoms with Gasteiger partial charge >= 0.3 is 0 Å². The molecule has 0 amide bonds. The second kappa shape index (κ2) is 12.6. The highest BCUT2D eigenvalue weighted by Crippen LogP contribution is 2.47. The molecule has 3 aliphatic rings. The molecule has 254 valence electrons. The lowest BCUT2D eigenvalue weighted by Gasteiger charge is -2.37. The summed E-state index contributed by atoms with van der Waals surface area (Å²) in [6, 6.07) is 52.7. The Morgan fingerprint density at radius 3 is 1.74 bits per heavy atom. The zero-order valence-corrected chi connectivity index (χ0v) is 30.6. The van der Waals surface area contributed by atoms with Crippen LogP contribution in [0.5, 0.6) is 0 Å². The minimum absolute atomic E-state index is 0.362. The Hall–Kier alpha value is -5.50. The van der Waals surface area contributed by atoms with Gasteiger partial charge in [-0.1, -0.05) is 170 Å². The van der Waals surface area contributed by atoms with Gasteiger partial charge in [0.15, 0.2) is 0 Å². The third-order valence-electron chi connectivity index (χ3n) is 12.5. The van der Waals surface area contributed by atoms with Gasteiger partial charge in [-0.25, -0.2) is 0 Å². The molecule has 8 aromatic rings. The molecule has 0 spiro atoms. The number of rotatable bonds is 4. The minimum atomic E-state index is 0.362. The van der Waals surface area contributed by atoms with Crippen molar-refractivity contribution in [2.24, 2.45) is 17.8 Å². The predicted octanol–water partition coefficient (Wildman–Crippen LogP) is 13.0. The Balaban J connectivity index is 1.10. The molecule has 0 nitrogen and oxygen atoms in total. The number of thiophene rings is 1. The summed E-state index contributed by atoms with van der Waals surface area (Å²) in [4.78, 5) is 0. The summed E-state index contributed by atoms with van der Waals surface area (Å²) in [7, 11) is 0. The summed E-state index contributed by atoms with van der Waals surface area (Å²) in [6.07, 6.45) is 16.3. The Morgan fingerprint density at radius 2 is 1.02 bits per heavy atom. The Kier molecular flexibility index (Phi) is 7.37. The van der Waals surface area contributed by atoms with Gasteiger partial charge in [-0.2, -0.15) is 0 Å². The largest absolute Gasteiger partial charge is 0.135 e. The average Bonchev–Trinajstić information content (AvgIpc) is 3.59. The smallest absolute Gasteiger partial charge is 0.0361 e. The Morgan fingerprint density at radius 1 is 0.415 bits per heavy atom. The van der Waals surface area contributed by atoms with Crippen molar-refractivity contribution in [1.82, 2.24) is 0 Å². The van der Waals surface area contributed by atoms with Crippen molar-refractivity contribution in [3.8, 4) is 22.3 Å². The Bertz CT molecular complexity index is 2870. The van der Waals surface area contributed by atoms with Gasteiger partial charge in [0, 0.05) is 32.0 Å². The van der Waals surface area contributed by atoms with E-state index in [1.54, 1.807) is 5.57 Å². The molecular weight excluding hydrogens is 657 g/mol. The Labute approximate surface area is 314 Å². The molecule has 7 aromatic carbocycles. The molecule has 1 aromatic heterocycles. The van der Waals surface area contributed by atoms with Gasteiger partial charge in [0.2, 0.25) is 0 Å². The van der Waals surface area contributed by atoms with E-state index in [1.165, 1.54) is 118 Å². The maximum Gasteiger partial charge on any atom is 0.0361 e. The second-order valence-electron chi connectivity index (χ2n) is 15.3. The quantitative estimate of drug-likeness (QED) is 0.161. The van der Waals surface area contributed by atoms with Gasteiger partial charge in [0.05, 0.1) is 0 Å². The monoisotopic (exact) mass is 696 g/mol. The average molecular weight is 697 g/mol. The molecule has 0 saturated heterocycles. The van der Waals surface area contributed by atoms with Crippen molar-refractivity contribution >= 4 is 64.2 Å². The molecule has 3 aliphatic carbocycles. The van der Waals surface area contributed by atoms with Gasteiger partial charge in [-0.3, -0.25) is 0 Å². The number of allylic oxidation sites excluding steroid dienone is 4. The van der Waals surface area contributed by atoms with E-state index < -0.39 is 0 Å². The third-order valence-corrected chi connectivity index (χ3v) is 13.6. The molecule has 0 aliphatic heterocycles. The van der Waals surface area contributed by atoms with Crippen LogP contribution < -0.4 is 10.4 Å². The van der Waals surface area contributed by atoms with Crippen LogP contribution in [0.25, 0.3) is 75.1 Å². The van der Waals surface area contributed by atoms with Crippen LogP contribution in [0.1, 0.15) is 37.7 Å². The summed E-state index contributed by atoms with van der Waals surface area (Å²) in [5.41, 5.74) is 9.71. The van der Waals surface area contributed by atoms with Crippen LogP contribution in [0.4, 0.5) is 0 Å². The predicted molar refractivity (Wildman–Crippen MR) is 229 cm³/mol. The van der Waals surface area contributed by atoms with Gasteiger partial charge < -0.3 is 0 Å². The van der Waals surface area contributed by atoms with Crippen LogP contribution in [0.15, 0.2) is 164 Å². The van der Waals surface area contributed by atoms with E-state index in [2.05, 4.69) is 164 Å². The zero-order valence-electron chi connectivity index (χ0n) is 29.8. The van der Waals surface area contributed by atoms with Gasteiger partial charge in [0.25, 0.3) is 0 Å². The van der Waals surface area contributed by atoms with Crippen molar-refractivity contribution in [3.05, 3.63) is 180 Å². The molecular formula is C52H40S. The lowest BCUT2D eigenvalue weighted by atomic mass is 9.66. The van der Waals surface area contributed by atoms with Crippen LogP contribution in [-0.4, -0.2) is 0 Å². The molecule has 0 N–H and O–H groups in total. The molecule has 2 atom stereocenters. The fraction of sp³-hybridized carbons (Fsp3) is 0.154. The van der Waals surface area contributed by atoms with Crippen LogP contribution in [0, 0.1) is 17.8 Å². The topological polar surface area (TPSA) is 0 Å². The number of hydrogen-bond donors (Lipinski definition) is 0. The summed E-state index contributed by atoms with van der Waals surface area (Å²) >= 11 is 1.93. The highest BCUT2D eigenvalue weighted by Gasteiger charge is 2.35. The van der Waals surface area contributed by atoms with Gasteiger partial charge in [0.1, 0.15) is 0 Å². The van der Waals surface area contributed by atoms with Gasteiger partial charge in [-0.05, 0) is 102 Å². The molecule has 0 bridgehead atoms. The van der Waals surface area contributed by atoms with Crippen LogP contribution in [-0.2, 0) is 0 Å². The number of hydrogen-bond acceptors (Lipinski definition) is 1. The molecule has 1 heterocycles. The lowest BCUT2D eigenvalue weighted by Crippen LogP contribution is -2.42. The second-order valence-corrected chi connectivity index (χ2v) is 16.4. The van der Waals surface area contributed by atoms with Gasteiger partial charge in [-0.15, -0.1) is 11.3 Å². The van der Waals surface area contributed by atoms with Crippen molar-refractivity contribution < 1.29 is 0 Å². The van der Waals surface area contributed by atoms with Crippen molar-refractivity contribution in [1.29, 1.82) is 0 Å². The van der Waals surface area contributed by atoms with E-state index >= 15 is 0 Å². The fourth-order valence-corrected chi connectivity index (χ4v) is 11.3. The SMILES string of the molecule is C1=CC2C(c3ccc4sc5cc(-c6c7ccccc7c(-c7ccccc7)c7ccccc67)ccc5c4c3)=c3ccccc3=C(C3CCCCC3)C2C=C1.